The lowest BCUT2D eigenvalue weighted by Crippen LogP contribution is -2.35. The summed E-state index contributed by atoms with van der Waals surface area (Å²) >= 11 is 0. The molecule has 8 heteroatoms. The molecule has 0 N–H and O–H groups in total. The van der Waals surface area contributed by atoms with Crippen molar-refractivity contribution in [1.29, 1.82) is 0 Å². The van der Waals surface area contributed by atoms with Crippen LogP contribution in [0.3, 0.4) is 0 Å². The van der Waals surface area contributed by atoms with Gasteiger partial charge in [-0.3, -0.25) is 4.90 Å². The van der Waals surface area contributed by atoms with Crippen molar-refractivity contribution in [1.82, 2.24) is 24.2 Å². The summed E-state index contributed by atoms with van der Waals surface area (Å²) in [5, 5.41) is 7.00. The molecule has 0 amide bonds. The summed E-state index contributed by atoms with van der Waals surface area (Å²) in [6, 6.07) is 19.3. The van der Waals surface area contributed by atoms with E-state index in [4.69, 9.17) is 19.6 Å². The number of rotatable bonds is 6. The number of nitrogens with zero attached hydrogens (tertiary/aromatic N) is 5. The number of pyridine rings is 1. The van der Waals surface area contributed by atoms with Crippen LogP contribution < -0.4 is 0 Å². The maximum Gasteiger partial charge on any atom is 0.337 e. The van der Waals surface area contributed by atoms with E-state index in [1.165, 1.54) is 41.3 Å². The Hall–Kier alpha value is -4.01. The van der Waals surface area contributed by atoms with Gasteiger partial charge in [0.2, 0.25) is 0 Å². The molecular formula is C35H39N5O3. The molecule has 5 aromatic rings. The van der Waals surface area contributed by atoms with Gasteiger partial charge in [-0.05, 0) is 111 Å². The van der Waals surface area contributed by atoms with Crippen molar-refractivity contribution in [3.05, 3.63) is 83.8 Å². The fourth-order valence-corrected chi connectivity index (χ4v) is 7.07. The lowest BCUT2D eigenvalue weighted by atomic mass is 9.88. The second kappa shape index (κ2) is 11.6. The van der Waals surface area contributed by atoms with Crippen LogP contribution in [0.15, 0.2) is 67.0 Å². The number of carbonyl (C=O) groups is 1. The highest BCUT2D eigenvalue weighted by Crippen LogP contribution is 2.37. The minimum absolute atomic E-state index is 0.0279. The van der Waals surface area contributed by atoms with Gasteiger partial charge in [0.1, 0.15) is 5.65 Å². The molecule has 0 radical (unpaired) electrons. The van der Waals surface area contributed by atoms with Crippen LogP contribution in [0.4, 0.5) is 0 Å². The minimum Gasteiger partial charge on any atom is -0.465 e. The Morgan fingerprint density at radius 2 is 1.84 bits per heavy atom. The van der Waals surface area contributed by atoms with Crippen LogP contribution in [0.2, 0.25) is 0 Å². The van der Waals surface area contributed by atoms with Gasteiger partial charge >= 0.3 is 5.97 Å². The molecule has 2 atom stereocenters. The molecule has 7 rings (SSSR count). The summed E-state index contributed by atoms with van der Waals surface area (Å²) < 4.78 is 15.2. The Bertz CT molecular complexity index is 1760. The topological polar surface area (TPSA) is 74.4 Å². The second-order valence-corrected chi connectivity index (χ2v) is 12.0. The average molecular weight is 578 g/mol. The van der Waals surface area contributed by atoms with E-state index in [0.717, 1.165) is 61.9 Å². The fourth-order valence-electron chi connectivity index (χ4n) is 7.07. The van der Waals surface area contributed by atoms with E-state index < -0.39 is 0 Å². The van der Waals surface area contributed by atoms with Crippen LogP contribution >= 0.6 is 0 Å². The maximum absolute atomic E-state index is 11.8. The van der Waals surface area contributed by atoms with Crippen molar-refractivity contribution in [3.63, 3.8) is 0 Å². The van der Waals surface area contributed by atoms with Gasteiger partial charge in [-0.15, -0.1) is 0 Å². The van der Waals surface area contributed by atoms with Crippen LogP contribution in [0.1, 0.15) is 78.8 Å². The number of aryl methyl sites for hydroxylation is 1. The molecule has 8 nitrogen and oxygen atoms in total. The molecule has 2 saturated heterocycles. The van der Waals surface area contributed by atoms with Gasteiger partial charge in [-0.1, -0.05) is 18.2 Å². The van der Waals surface area contributed by atoms with E-state index in [0.29, 0.717) is 11.5 Å². The first-order valence-electron chi connectivity index (χ1n) is 15.5. The molecule has 43 heavy (non-hydrogen) atoms. The highest BCUT2D eigenvalue weighted by molar-refractivity contribution is 5.96. The summed E-state index contributed by atoms with van der Waals surface area (Å²) in [7, 11) is 3.56. The first-order chi connectivity index (χ1) is 21.0. The number of esters is 1. The zero-order valence-corrected chi connectivity index (χ0v) is 25.2. The Labute approximate surface area is 252 Å². The largest absolute Gasteiger partial charge is 0.465 e. The lowest BCUT2D eigenvalue weighted by molar-refractivity contribution is -0.0366. The summed E-state index contributed by atoms with van der Waals surface area (Å²) in [5.41, 5.74) is 7.67. The van der Waals surface area contributed by atoms with Crippen LogP contribution in [0, 0.1) is 0 Å². The molecule has 0 aliphatic carbocycles. The quantitative estimate of drug-likeness (QED) is 0.202. The molecule has 5 heterocycles. The highest BCUT2D eigenvalue weighted by atomic mass is 16.5. The van der Waals surface area contributed by atoms with Gasteiger partial charge < -0.3 is 14.0 Å². The lowest BCUT2D eigenvalue weighted by Gasteiger charge is -2.36. The van der Waals surface area contributed by atoms with Crippen molar-refractivity contribution in [2.45, 2.75) is 57.2 Å². The average Bonchev–Trinajstić information content (AvgIpc) is 3.65. The number of hydrogen-bond donors (Lipinski definition) is 0. The standard InChI is InChI=1S/C35H39N5O3/c1-23(39-17-14-25(15-18-39)24-7-9-26(10-8-24)35(41)42-3)32-21-30-29(13-16-36-34(30)38(32)2)27-11-12-31-28(20-27)22-37-40(31)33-6-4-5-19-43-33/h7-13,16,20-23,25,33H,4-6,14-15,17-19H2,1-3H3/t23-,33?/m0/s1. The number of aromatic nitrogens is 4. The zero-order chi connectivity index (χ0) is 29.5. The van der Waals surface area contributed by atoms with E-state index in [2.05, 4.69) is 65.9 Å². The number of methoxy groups -OCH3 is 1. The van der Waals surface area contributed by atoms with Crippen LogP contribution in [-0.2, 0) is 16.5 Å². The number of piperidine rings is 1. The first-order valence-corrected chi connectivity index (χ1v) is 15.5. The maximum atomic E-state index is 11.8. The monoisotopic (exact) mass is 577 g/mol. The Morgan fingerprint density at radius 1 is 1.02 bits per heavy atom. The number of carbonyl (C=O) groups excluding carboxylic acids is 1. The summed E-state index contributed by atoms with van der Waals surface area (Å²) in [5.74, 6) is 0.212. The molecular weight excluding hydrogens is 538 g/mol. The number of hydrogen-bond acceptors (Lipinski definition) is 6. The van der Waals surface area contributed by atoms with Gasteiger partial charge in [-0.25, -0.2) is 14.5 Å². The van der Waals surface area contributed by atoms with Crippen LogP contribution in [0.25, 0.3) is 33.1 Å². The number of likely N-dealkylation sites (tertiary alicyclic amines) is 1. The Morgan fingerprint density at radius 3 is 2.58 bits per heavy atom. The Kier molecular flexibility index (Phi) is 7.49. The first kappa shape index (κ1) is 27.8. The molecule has 0 bridgehead atoms. The van der Waals surface area contributed by atoms with Gasteiger partial charge in [0.05, 0.1) is 24.4 Å². The molecule has 0 saturated carbocycles. The van der Waals surface area contributed by atoms with Crippen molar-refractivity contribution in [2.75, 3.05) is 26.8 Å². The fraction of sp³-hybridized carbons (Fsp3) is 0.400. The summed E-state index contributed by atoms with van der Waals surface area (Å²) in [6.07, 6.45) is 9.41. The third-order valence-electron chi connectivity index (χ3n) is 9.61. The third-order valence-corrected chi connectivity index (χ3v) is 9.61. The third kappa shape index (κ3) is 5.12. The molecule has 2 aliphatic heterocycles. The highest BCUT2D eigenvalue weighted by Gasteiger charge is 2.27. The summed E-state index contributed by atoms with van der Waals surface area (Å²) in [6.45, 7) is 5.17. The SMILES string of the molecule is COC(=O)c1ccc(C2CCN([C@@H](C)c3cc4c(-c5ccc6c(cnn6C6CCCCO6)c5)ccnc4n3C)CC2)cc1. The second-order valence-electron chi connectivity index (χ2n) is 12.0. The normalized spacial score (nSPS) is 19.2. The predicted molar refractivity (Wildman–Crippen MR) is 168 cm³/mol. The van der Waals surface area contributed by atoms with Gasteiger partial charge in [0.15, 0.2) is 6.23 Å². The van der Waals surface area contributed by atoms with Crippen molar-refractivity contribution in [2.24, 2.45) is 7.05 Å². The zero-order valence-electron chi connectivity index (χ0n) is 25.2. The van der Waals surface area contributed by atoms with E-state index in [-0.39, 0.29) is 18.2 Å². The van der Waals surface area contributed by atoms with E-state index >= 15 is 0 Å². The molecule has 222 valence electrons. The van der Waals surface area contributed by atoms with Crippen LogP contribution in [-0.4, -0.2) is 57.0 Å². The predicted octanol–water partition coefficient (Wildman–Crippen LogP) is 7.02. The number of ether oxygens (including phenoxy) is 2. The van der Waals surface area contributed by atoms with Crippen LogP contribution in [0.5, 0.6) is 0 Å². The van der Waals surface area contributed by atoms with Crippen molar-refractivity contribution in [3.8, 4) is 11.1 Å². The van der Waals surface area contributed by atoms with E-state index in [1.54, 1.807) is 0 Å². The number of fused-ring (bicyclic) bond motifs is 2. The smallest absolute Gasteiger partial charge is 0.337 e. The van der Waals surface area contributed by atoms with Gasteiger partial charge in [0, 0.05) is 42.4 Å². The molecule has 1 unspecified atom stereocenters. The van der Waals surface area contributed by atoms with Gasteiger partial charge in [0.25, 0.3) is 0 Å². The number of benzene rings is 2. The molecule has 2 aromatic carbocycles. The Balaban J connectivity index is 1.10. The van der Waals surface area contributed by atoms with E-state index in [9.17, 15) is 4.79 Å². The molecule has 3 aromatic heterocycles. The van der Waals surface area contributed by atoms with Crippen molar-refractivity contribution >= 4 is 27.9 Å². The summed E-state index contributed by atoms with van der Waals surface area (Å²) in [4.78, 5) is 19.2. The minimum atomic E-state index is -0.288. The molecule has 2 aliphatic rings. The van der Waals surface area contributed by atoms with Gasteiger partial charge in [-0.2, -0.15) is 5.10 Å². The molecule has 2 fully saturated rings. The van der Waals surface area contributed by atoms with Crippen molar-refractivity contribution < 1.29 is 14.3 Å². The van der Waals surface area contributed by atoms with E-state index in [1.807, 2.05) is 29.2 Å². The molecule has 0 spiro atoms.